The minimum absolute atomic E-state index is 0.287. The van der Waals surface area contributed by atoms with Crippen molar-refractivity contribution >= 4 is 55.7 Å². The van der Waals surface area contributed by atoms with Crippen molar-refractivity contribution in [3.8, 4) is 11.5 Å². The number of halogens is 1. The van der Waals surface area contributed by atoms with E-state index in [4.69, 9.17) is 9.47 Å². The second kappa shape index (κ2) is 8.53. The predicted octanol–water partition coefficient (Wildman–Crippen LogP) is 5.86. The summed E-state index contributed by atoms with van der Waals surface area (Å²) in [7, 11) is 3.04. The van der Waals surface area contributed by atoms with Gasteiger partial charge in [-0.05, 0) is 57.9 Å². The highest BCUT2D eigenvalue weighted by atomic mass is 79.9. The van der Waals surface area contributed by atoms with Crippen molar-refractivity contribution in [3.05, 3.63) is 75.1 Å². The second-order valence-electron chi connectivity index (χ2n) is 6.74. The Balaban J connectivity index is 1.57. The number of methoxy groups -OCH3 is 1. The molecule has 0 aromatic heterocycles. The fraction of sp³-hybridized carbons (Fsp3) is 0.130. The maximum Gasteiger partial charge on any atom is 0.293 e. The molecule has 0 atom stereocenters. The Morgan fingerprint density at radius 3 is 2.50 bits per heavy atom. The first-order chi connectivity index (χ1) is 14.5. The Kier molecular flexibility index (Phi) is 5.83. The highest BCUT2D eigenvalue weighted by Gasteiger charge is 2.32. The van der Waals surface area contributed by atoms with Crippen LogP contribution in [-0.2, 0) is 11.4 Å². The molecule has 0 unspecified atom stereocenters. The normalized spacial score (nSPS) is 15.3. The standard InChI is InChI=1S/C23H18BrNO4S/c1-25-22(26)21(30-23(25)27)11-17-10-19(28-2)20(12-18(17)24)29-13-14-7-8-15-5-3-4-6-16(15)9-14/h3-12H,13H2,1-2H3/b21-11-. The van der Waals surface area contributed by atoms with Gasteiger partial charge in [0, 0.05) is 11.5 Å². The molecule has 30 heavy (non-hydrogen) atoms. The van der Waals surface area contributed by atoms with Gasteiger partial charge in [0.15, 0.2) is 11.5 Å². The number of amides is 2. The largest absolute Gasteiger partial charge is 0.493 e. The lowest BCUT2D eigenvalue weighted by molar-refractivity contribution is -0.121. The molecule has 0 aliphatic carbocycles. The average Bonchev–Trinajstić information content (AvgIpc) is 3.00. The highest BCUT2D eigenvalue weighted by Crippen LogP contribution is 2.38. The van der Waals surface area contributed by atoms with Gasteiger partial charge in [0.1, 0.15) is 6.61 Å². The molecule has 2 amide bonds. The zero-order valence-corrected chi connectivity index (χ0v) is 18.7. The molecule has 5 nitrogen and oxygen atoms in total. The molecule has 1 aliphatic heterocycles. The van der Waals surface area contributed by atoms with Crippen LogP contribution in [0.3, 0.4) is 0 Å². The van der Waals surface area contributed by atoms with Crippen molar-refractivity contribution in [2.75, 3.05) is 14.2 Å². The van der Waals surface area contributed by atoms with E-state index >= 15 is 0 Å². The molecule has 7 heteroatoms. The topological polar surface area (TPSA) is 55.8 Å². The van der Waals surface area contributed by atoms with Gasteiger partial charge in [0.05, 0.1) is 12.0 Å². The molecule has 1 heterocycles. The molecule has 1 aliphatic rings. The van der Waals surface area contributed by atoms with Crippen LogP contribution >= 0.6 is 27.7 Å². The van der Waals surface area contributed by atoms with E-state index in [1.165, 1.54) is 12.4 Å². The minimum Gasteiger partial charge on any atom is -0.493 e. The van der Waals surface area contributed by atoms with Gasteiger partial charge >= 0.3 is 0 Å². The van der Waals surface area contributed by atoms with Crippen LogP contribution in [0.5, 0.6) is 11.5 Å². The number of rotatable bonds is 5. The SMILES string of the molecule is COc1cc(/C=C2\SC(=O)N(C)C2=O)c(Br)cc1OCc1ccc2ccccc2c1. The smallest absolute Gasteiger partial charge is 0.293 e. The van der Waals surface area contributed by atoms with Gasteiger partial charge in [0.25, 0.3) is 11.1 Å². The number of nitrogens with zero attached hydrogens (tertiary/aromatic N) is 1. The maximum atomic E-state index is 12.2. The Hall–Kier alpha value is -2.77. The number of fused-ring (bicyclic) bond motifs is 1. The molecule has 4 rings (SSSR count). The number of thioether (sulfide) groups is 1. The van der Waals surface area contributed by atoms with Crippen LogP contribution in [0.2, 0.25) is 0 Å². The van der Waals surface area contributed by atoms with Crippen molar-refractivity contribution < 1.29 is 19.1 Å². The summed E-state index contributed by atoms with van der Waals surface area (Å²) in [5, 5.41) is 2.05. The number of hydrogen-bond acceptors (Lipinski definition) is 5. The first kappa shape index (κ1) is 20.5. The number of carbonyl (C=O) groups excluding carboxylic acids is 2. The molecule has 1 fully saturated rings. The molecule has 152 valence electrons. The van der Waals surface area contributed by atoms with Crippen LogP contribution < -0.4 is 9.47 Å². The monoisotopic (exact) mass is 483 g/mol. The summed E-state index contributed by atoms with van der Waals surface area (Å²) >= 11 is 4.44. The molecule has 0 N–H and O–H groups in total. The van der Waals surface area contributed by atoms with E-state index in [0.717, 1.165) is 37.6 Å². The summed E-state index contributed by atoms with van der Waals surface area (Å²) in [6, 6.07) is 18.0. The average molecular weight is 484 g/mol. The first-order valence-electron chi connectivity index (χ1n) is 9.16. The summed E-state index contributed by atoms with van der Waals surface area (Å²) in [4.78, 5) is 25.3. The molecule has 0 bridgehead atoms. The fourth-order valence-corrected chi connectivity index (χ4v) is 4.37. The molecule has 0 radical (unpaired) electrons. The van der Waals surface area contributed by atoms with Crippen LogP contribution in [0, 0.1) is 0 Å². The predicted molar refractivity (Wildman–Crippen MR) is 123 cm³/mol. The third-order valence-electron chi connectivity index (χ3n) is 4.76. The van der Waals surface area contributed by atoms with Gasteiger partial charge in [-0.3, -0.25) is 14.5 Å². The summed E-state index contributed by atoms with van der Waals surface area (Å²) in [5.74, 6) is 0.812. The van der Waals surface area contributed by atoms with Crippen LogP contribution in [0.25, 0.3) is 16.8 Å². The molecule has 0 spiro atoms. The van der Waals surface area contributed by atoms with E-state index in [9.17, 15) is 9.59 Å². The van der Waals surface area contributed by atoms with E-state index in [2.05, 4.69) is 40.2 Å². The Morgan fingerprint density at radius 2 is 1.80 bits per heavy atom. The van der Waals surface area contributed by atoms with Crippen molar-refractivity contribution in [1.82, 2.24) is 4.90 Å². The molecular weight excluding hydrogens is 466 g/mol. The number of carbonyl (C=O) groups is 2. The lowest BCUT2D eigenvalue weighted by Crippen LogP contribution is -2.22. The van der Waals surface area contributed by atoms with Gasteiger partial charge in [0.2, 0.25) is 0 Å². The molecule has 0 saturated carbocycles. The summed E-state index contributed by atoms with van der Waals surface area (Å²) in [6.45, 7) is 0.391. The van der Waals surface area contributed by atoms with Crippen LogP contribution in [0.15, 0.2) is 64.0 Å². The minimum atomic E-state index is -0.313. The van der Waals surface area contributed by atoms with Crippen LogP contribution in [-0.4, -0.2) is 30.2 Å². The van der Waals surface area contributed by atoms with Gasteiger partial charge in [-0.15, -0.1) is 0 Å². The Morgan fingerprint density at radius 1 is 1.03 bits per heavy atom. The van der Waals surface area contributed by atoms with E-state index in [0.29, 0.717) is 23.0 Å². The van der Waals surface area contributed by atoms with Crippen molar-refractivity contribution in [2.45, 2.75) is 6.61 Å². The zero-order chi connectivity index (χ0) is 21.3. The van der Waals surface area contributed by atoms with Gasteiger partial charge in [-0.1, -0.05) is 52.3 Å². The number of imide groups is 1. The summed E-state index contributed by atoms with van der Waals surface area (Å²) in [6.07, 6.45) is 1.67. The van der Waals surface area contributed by atoms with Crippen molar-refractivity contribution in [2.24, 2.45) is 0 Å². The molecule has 3 aromatic carbocycles. The lowest BCUT2D eigenvalue weighted by Gasteiger charge is -2.13. The third-order valence-corrected chi connectivity index (χ3v) is 6.41. The number of ether oxygens (including phenoxy) is 2. The molecule has 3 aromatic rings. The van der Waals surface area contributed by atoms with Gasteiger partial charge in [-0.2, -0.15) is 0 Å². The zero-order valence-electron chi connectivity index (χ0n) is 16.3. The number of likely N-dealkylation sites (N-methyl/N-ethyl adjacent to an activating group) is 1. The quantitative estimate of drug-likeness (QED) is 0.425. The third kappa shape index (κ3) is 4.08. The number of hydrogen-bond donors (Lipinski definition) is 0. The Labute approximate surface area is 186 Å². The number of benzene rings is 3. The lowest BCUT2D eigenvalue weighted by atomic mass is 10.1. The summed E-state index contributed by atoms with van der Waals surface area (Å²) < 4.78 is 12.2. The van der Waals surface area contributed by atoms with Gasteiger partial charge < -0.3 is 9.47 Å². The van der Waals surface area contributed by atoms with E-state index < -0.39 is 0 Å². The molecular formula is C23H18BrNO4S. The van der Waals surface area contributed by atoms with Crippen molar-refractivity contribution in [3.63, 3.8) is 0 Å². The summed E-state index contributed by atoms with van der Waals surface area (Å²) in [5.41, 5.74) is 1.77. The molecule has 1 saturated heterocycles. The van der Waals surface area contributed by atoms with Gasteiger partial charge in [-0.25, -0.2) is 0 Å². The van der Waals surface area contributed by atoms with E-state index in [-0.39, 0.29) is 11.1 Å². The van der Waals surface area contributed by atoms with Crippen LogP contribution in [0.1, 0.15) is 11.1 Å². The maximum absolute atomic E-state index is 12.2. The van der Waals surface area contributed by atoms with Crippen molar-refractivity contribution in [1.29, 1.82) is 0 Å². The fourth-order valence-electron chi connectivity index (χ4n) is 3.11. The van der Waals surface area contributed by atoms with Crippen LogP contribution in [0.4, 0.5) is 4.79 Å². The second-order valence-corrected chi connectivity index (χ2v) is 8.58. The van der Waals surface area contributed by atoms with E-state index in [1.54, 1.807) is 19.3 Å². The first-order valence-corrected chi connectivity index (χ1v) is 10.8. The van der Waals surface area contributed by atoms with E-state index in [1.807, 2.05) is 24.3 Å². The Bertz CT molecular complexity index is 1190. The highest BCUT2D eigenvalue weighted by molar-refractivity contribution is 9.10.